The molecule has 0 saturated carbocycles. The summed E-state index contributed by atoms with van der Waals surface area (Å²) in [6.07, 6.45) is -0.155. The minimum atomic E-state index is -0.565. The zero-order chi connectivity index (χ0) is 24.1. The Kier molecular flexibility index (Phi) is 7.30. The molecule has 0 spiro atoms. The zero-order valence-corrected chi connectivity index (χ0v) is 19.0. The monoisotopic (exact) mass is 469 g/mol. The Morgan fingerprint density at radius 1 is 1.15 bits per heavy atom. The molecule has 1 N–H and O–H groups in total. The molecule has 2 aromatic carbocycles. The molecule has 0 radical (unpaired) electrons. The number of halogens is 1. The second kappa shape index (κ2) is 10.5. The maximum Gasteiger partial charge on any atom is 0.414 e. The number of carbonyl (C=O) groups excluding carboxylic acids is 3. The van der Waals surface area contributed by atoms with Crippen molar-refractivity contribution in [3.8, 4) is 0 Å². The van der Waals surface area contributed by atoms with Crippen molar-refractivity contribution >= 4 is 23.8 Å². The quantitative estimate of drug-likeness (QED) is 0.695. The van der Waals surface area contributed by atoms with Crippen LogP contribution in [0.3, 0.4) is 0 Å². The first kappa shape index (κ1) is 23.5. The molecule has 3 amide bonds. The number of benzene rings is 2. The van der Waals surface area contributed by atoms with E-state index < -0.39 is 12.2 Å². The lowest BCUT2D eigenvalue weighted by Gasteiger charge is -2.31. The number of ether oxygens (including phenoxy) is 2. The lowest BCUT2D eigenvalue weighted by atomic mass is 9.89. The Morgan fingerprint density at radius 3 is 2.56 bits per heavy atom. The Labute approximate surface area is 197 Å². The Balaban J connectivity index is 1.30. The minimum Gasteiger partial charge on any atom is -0.445 e. The number of piperidine rings is 1. The fourth-order valence-corrected chi connectivity index (χ4v) is 4.29. The topological polar surface area (TPSA) is 88.2 Å². The summed E-state index contributed by atoms with van der Waals surface area (Å²) in [6, 6.07) is 14.3. The van der Waals surface area contributed by atoms with Crippen LogP contribution in [0.15, 0.2) is 48.5 Å². The van der Waals surface area contributed by atoms with Gasteiger partial charge in [0, 0.05) is 20.0 Å². The van der Waals surface area contributed by atoms with Crippen LogP contribution in [0.5, 0.6) is 0 Å². The van der Waals surface area contributed by atoms with Gasteiger partial charge in [0.15, 0.2) is 0 Å². The molecule has 34 heavy (non-hydrogen) atoms. The van der Waals surface area contributed by atoms with Gasteiger partial charge in [-0.05, 0) is 42.0 Å². The van der Waals surface area contributed by atoms with E-state index in [9.17, 15) is 18.8 Å². The summed E-state index contributed by atoms with van der Waals surface area (Å²) < 4.78 is 25.6. The van der Waals surface area contributed by atoms with Gasteiger partial charge in [0.2, 0.25) is 5.91 Å². The van der Waals surface area contributed by atoms with Crippen LogP contribution in [-0.4, -0.2) is 55.3 Å². The van der Waals surface area contributed by atoms with Crippen molar-refractivity contribution in [2.24, 2.45) is 0 Å². The molecule has 180 valence electrons. The molecular formula is C25H28FN3O5. The van der Waals surface area contributed by atoms with Gasteiger partial charge in [-0.3, -0.25) is 9.69 Å². The summed E-state index contributed by atoms with van der Waals surface area (Å²) in [4.78, 5) is 38.7. The number of carbonyl (C=O) groups is 3. The maximum atomic E-state index is 15.0. The van der Waals surface area contributed by atoms with Crippen LogP contribution in [0.2, 0.25) is 0 Å². The van der Waals surface area contributed by atoms with Crippen LogP contribution in [0, 0.1) is 5.82 Å². The van der Waals surface area contributed by atoms with Gasteiger partial charge in [-0.2, -0.15) is 0 Å². The summed E-state index contributed by atoms with van der Waals surface area (Å²) in [5.74, 6) is -0.619. The van der Waals surface area contributed by atoms with Gasteiger partial charge in [0.25, 0.3) is 0 Å². The summed E-state index contributed by atoms with van der Waals surface area (Å²) in [6.45, 7) is 3.04. The molecule has 2 aliphatic heterocycles. The van der Waals surface area contributed by atoms with Gasteiger partial charge in [0.05, 0.1) is 18.8 Å². The van der Waals surface area contributed by atoms with E-state index in [1.54, 1.807) is 17.0 Å². The first-order chi connectivity index (χ1) is 16.4. The number of likely N-dealkylation sites (tertiary alicyclic amines) is 1. The molecule has 4 rings (SSSR count). The number of hydrogen-bond acceptors (Lipinski definition) is 5. The highest BCUT2D eigenvalue weighted by atomic mass is 19.1. The Bertz CT molecular complexity index is 1040. The molecular weight excluding hydrogens is 441 g/mol. The predicted octanol–water partition coefficient (Wildman–Crippen LogP) is 3.80. The third kappa shape index (κ3) is 5.65. The fraction of sp³-hybridized carbons (Fsp3) is 0.400. The van der Waals surface area contributed by atoms with Crippen LogP contribution >= 0.6 is 0 Å². The molecule has 2 aliphatic rings. The molecule has 8 nitrogen and oxygen atoms in total. The zero-order valence-electron chi connectivity index (χ0n) is 19.0. The molecule has 2 saturated heterocycles. The number of nitrogens with zero attached hydrogens (tertiary/aromatic N) is 2. The molecule has 1 unspecified atom stereocenters. The number of rotatable bonds is 6. The third-order valence-corrected chi connectivity index (χ3v) is 6.15. The number of amides is 3. The van der Waals surface area contributed by atoms with Crippen LogP contribution < -0.4 is 10.2 Å². The lowest BCUT2D eigenvalue weighted by Crippen LogP contribution is -2.38. The molecule has 2 aromatic rings. The van der Waals surface area contributed by atoms with Crippen LogP contribution in [0.4, 0.5) is 19.7 Å². The van der Waals surface area contributed by atoms with Crippen molar-refractivity contribution in [3.63, 3.8) is 0 Å². The predicted molar refractivity (Wildman–Crippen MR) is 123 cm³/mol. The number of cyclic esters (lactones) is 1. The molecule has 2 fully saturated rings. The lowest BCUT2D eigenvalue weighted by molar-refractivity contribution is -0.119. The standard InChI is InChI=1S/C25H28FN3O5/c1-17(30)27-14-21-15-29(25(32)34-21)20-7-8-22(23(26)13-20)19-9-11-28(12-10-19)24(31)33-16-18-5-3-2-4-6-18/h2-8,13,19,21H,9-12,14-16H2,1H3,(H,27,30). The van der Waals surface area contributed by atoms with E-state index in [4.69, 9.17) is 9.47 Å². The Hall–Kier alpha value is -3.62. The van der Waals surface area contributed by atoms with Gasteiger partial charge < -0.3 is 19.7 Å². The molecule has 9 heteroatoms. The molecule has 0 aromatic heterocycles. The number of anilines is 1. The van der Waals surface area contributed by atoms with E-state index in [0.717, 1.165) is 5.56 Å². The maximum absolute atomic E-state index is 15.0. The molecule has 1 atom stereocenters. The van der Waals surface area contributed by atoms with Gasteiger partial charge in [0.1, 0.15) is 18.5 Å². The molecule has 2 heterocycles. The number of nitrogens with one attached hydrogen (secondary N) is 1. The normalized spacial score (nSPS) is 18.5. The highest BCUT2D eigenvalue weighted by Gasteiger charge is 2.33. The second-order valence-electron chi connectivity index (χ2n) is 8.56. The van der Waals surface area contributed by atoms with Crippen molar-refractivity contribution in [2.75, 3.05) is 31.1 Å². The smallest absolute Gasteiger partial charge is 0.414 e. The first-order valence-electron chi connectivity index (χ1n) is 11.4. The van der Waals surface area contributed by atoms with Crippen LogP contribution in [0.1, 0.15) is 36.8 Å². The summed E-state index contributed by atoms with van der Waals surface area (Å²) in [7, 11) is 0. The van der Waals surface area contributed by atoms with Gasteiger partial charge in [-0.1, -0.05) is 36.4 Å². The third-order valence-electron chi connectivity index (χ3n) is 6.15. The van der Waals surface area contributed by atoms with E-state index in [-0.39, 0.29) is 43.4 Å². The van der Waals surface area contributed by atoms with E-state index in [1.165, 1.54) is 17.9 Å². The average molecular weight is 470 g/mol. The molecule has 0 aliphatic carbocycles. The van der Waals surface area contributed by atoms with Crippen molar-refractivity contribution in [3.05, 3.63) is 65.5 Å². The van der Waals surface area contributed by atoms with Gasteiger partial charge in [-0.15, -0.1) is 0 Å². The van der Waals surface area contributed by atoms with E-state index in [2.05, 4.69) is 5.32 Å². The van der Waals surface area contributed by atoms with Crippen LogP contribution in [-0.2, 0) is 20.9 Å². The summed E-state index contributed by atoms with van der Waals surface area (Å²) >= 11 is 0. The first-order valence-corrected chi connectivity index (χ1v) is 11.4. The Morgan fingerprint density at radius 2 is 1.88 bits per heavy atom. The highest BCUT2D eigenvalue weighted by Crippen LogP contribution is 2.33. The molecule has 0 bridgehead atoms. The van der Waals surface area contributed by atoms with E-state index >= 15 is 0 Å². The van der Waals surface area contributed by atoms with Crippen LogP contribution in [0.25, 0.3) is 0 Å². The van der Waals surface area contributed by atoms with E-state index in [0.29, 0.717) is 37.2 Å². The van der Waals surface area contributed by atoms with Crippen molar-refractivity contribution in [1.29, 1.82) is 0 Å². The minimum absolute atomic E-state index is 0.0229. The highest BCUT2D eigenvalue weighted by molar-refractivity contribution is 5.89. The van der Waals surface area contributed by atoms with Crippen molar-refractivity contribution in [2.45, 2.75) is 38.4 Å². The average Bonchev–Trinajstić information content (AvgIpc) is 3.22. The number of hydrogen-bond donors (Lipinski definition) is 1. The largest absolute Gasteiger partial charge is 0.445 e. The SMILES string of the molecule is CC(=O)NCC1CN(c2ccc(C3CCN(C(=O)OCc4ccccc4)CC3)c(F)c2)C(=O)O1. The van der Waals surface area contributed by atoms with Crippen molar-refractivity contribution in [1.82, 2.24) is 10.2 Å². The van der Waals surface area contributed by atoms with Gasteiger partial charge in [-0.25, -0.2) is 14.0 Å². The second-order valence-corrected chi connectivity index (χ2v) is 8.56. The summed E-state index contributed by atoms with van der Waals surface area (Å²) in [5.41, 5.74) is 1.91. The summed E-state index contributed by atoms with van der Waals surface area (Å²) in [5, 5.41) is 2.62. The van der Waals surface area contributed by atoms with Gasteiger partial charge >= 0.3 is 12.2 Å². The van der Waals surface area contributed by atoms with Crippen molar-refractivity contribution < 1.29 is 28.2 Å². The fourth-order valence-electron chi connectivity index (χ4n) is 4.29. The van der Waals surface area contributed by atoms with E-state index in [1.807, 2.05) is 30.3 Å².